The number of carbonyl (C=O) groups is 2. The summed E-state index contributed by atoms with van der Waals surface area (Å²) in [4.78, 5) is 25.4. The average Bonchev–Trinajstić information content (AvgIpc) is 2.80. The molecule has 0 saturated carbocycles. The molecule has 3 aromatic carbocycles. The number of rotatable bonds is 12. The number of hydrogen-bond donors (Lipinski definition) is 3. The predicted octanol–water partition coefficient (Wildman–Crippen LogP) is 5.99. The Morgan fingerprint density at radius 1 is 0.576 bits per heavy atom. The van der Waals surface area contributed by atoms with E-state index in [-0.39, 0.29) is 24.0 Å². The molecular weight excluding hydrogens is 416 g/mol. The summed E-state index contributed by atoms with van der Waals surface area (Å²) in [7, 11) is 0. The number of ketones is 2. The number of aryl methyl sites for hydroxylation is 2. The zero-order chi connectivity index (χ0) is 23.6. The highest BCUT2D eigenvalue weighted by Gasteiger charge is 2.26. The molecule has 0 amide bonds. The van der Waals surface area contributed by atoms with Gasteiger partial charge in [0.15, 0.2) is 11.6 Å². The molecule has 0 unspecified atom stereocenters. The van der Waals surface area contributed by atoms with Gasteiger partial charge in [0.2, 0.25) is 0 Å². The first-order valence-electron chi connectivity index (χ1n) is 11.4. The lowest BCUT2D eigenvalue weighted by molar-refractivity contribution is 0.0971. The smallest absolute Gasteiger partial charge is 0.170 e. The van der Waals surface area contributed by atoms with Crippen LogP contribution in [0.2, 0.25) is 0 Å². The molecule has 0 aliphatic carbocycles. The molecule has 0 atom stereocenters. The number of benzene rings is 3. The topological polar surface area (TPSA) is 94.8 Å². The lowest BCUT2D eigenvalue weighted by Crippen LogP contribution is -2.07. The van der Waals surface area contributed by atoms with Crippen LogP contribution in [-0.2, 0) is 12.8 Å². The molecule has 0 bridgehead atoms. The molecule has 0 aliphatic rings. The largest absolute Gasteiger partial charge is 0.507 e. The van der Waals surface area contributed by atoms with Gasteiger partial charge in [0.25, 0.3) is 0 Å². The van der Waals surface area contributed by atoms with Crippen molar-refractivity contribution >= 4 is 11.6 Å². The number of aromatic hydroxyl groups is 3. The van der Waals surface area contributed by atoms with Crippen LogP contribution >= 0.6 is 0 Å². The van der Waals surface area contributed by atoms with Crippen molar-refractivity contribution in [2.45, 2.75) is 51.4 Å². The van der Waals surface area contributed by atoms with Crippen molar-refractivity contribution in [3.8, 4) is 17.2 Å². The van der Waals surface area contributed by atoms with Crippen LogP contribution in [0.3, 0.4) is 0 Å². The SMILES string of the molecule is O=C(CCCCc1ccccc1)c1c(O)cc(O)c(C(=O)CCCCc2ccccc2)c1O. The van der Waals surface area contributed by atoms with E-state index in [9.17, 15) is 24.9 Å². The highest BCUT2D eigenvalue weighted by Crippen LogP contribution is 2.39. The van der Waals surface area contributed by atoms with Crippen molar-refractivity contribution in [3.05, 3.63) is 89.0 Å². The molecule has 0 aromatic heterocycles. The van der Waals surface area contributed by atoms with Gasteiger partial charge in [0.05, 0.1) is 0 Å². The molecule has 172 valence electrons. The summed E-state index contributed by atoms with van der Waals surface area (Å²) in [5.74, 6) is -2.56. The highest BCUT2D eigenvalue weighted by molar-refractivity contribution is 6.08. The highest BCUT2D eigenvalue weighted by atomic mass is 16.3. The predicted molar refractivity (Wildman–Crippen MR) is 128 cm³/mol. The maximum Gasteiger partial charge on any atom is 0.170 e. The van der Waals surface area contributed by atoms with Crippen molar-refractivity contribution < 1.29 is 24.9 Å². The zero-order valence-corrected chi connectivity index (χ0v) is 18.7. The summed E-state index contributed by atoms with van der Waals surface area (Å²) in [6, 6.07) is 20.8. The standard InChI is InChI=1S/C28H30O5/c29-22(17-9-7-15-20-11-3-1-4-12-20)26-24(31)19-25(32)27(28(26)33)23(30)18-10-8-16-21-13-5-2-6-14-21/h1-6,11-14,19,31-33H,7-10,15-18H2. The minimum atomic E-state index is -0.631. The van der Waals surface area contributed by atoms with Gasteiger partial charge in [0.1, 0.15) is 28.4 Å². The van der Waals surface area contributed by atoms with E-state index in [1.165, 1.54) is 11.1 Å². The Hall–Kier alpha value is -3.60. The van der Waals surface area contributed by atoms with Crippen molar-refractivity contribution in [1.82, 2.24) is 0 Å². The first kappa shape index (κ1) is 24.1. The molecule has 0 saturated heterocycles. The van der Waals surface area contributed by atoms with E-state index < -0.39 is 28.8 Å². The van der Waals surface area contributed by atoms with Gasteiger partial charge in [-0.05, 0) is 49.7 Å². The molecule has 33 heavy (non-hydrogen) atoms. The summed E-state index contributed by atoms with van der Waals surface area (Å²) >= 11 is 0. The maximum atomic E-state index is 12.7. The number of phenols is 3. The van der Waals surface area contributed by atoms with Crippen LogP contribution in [0.25, 0.3) is 0 Å². The van der Waals surface area contributed by atoms with Gasteiger partial charge < -0.3 is 15.3 Å². The van der Waals surface area contributed by atoms with Crippen molar-refractivity contribution in [3.63, 3.8) is 0 Å². The average molecular weight is 447 g/mol. The summed E-state index contributed by atoms with van der Waals surface area (Å²) in [5.41, 5.74) is 1.78. The van der Waals surface area contributed by atoms with Crippen LogP contribution in [0.15, 0.2) is 66.7 Å². The fourth-order valence-corrected chi connectivity index (χ4v) is 3.96. The van der Waals surface area contributed by atoms with E-state index >= 15 is 0 Å². The van der Waals surface area contributed by atoms with Crippen molar-refractivity contribution in [2.24, 2.45) is 0 Å². The Kier molecular flexibility index (Phi) is 8.64. The van der Waals surface area contributed by atoms with Crippen LogP contribution < -0.4 is 0 Å². The minimum Gasteiger partial charge on any atom is -0.507 e. The van der Waals surface area contributed by atoms with E-state index in [1.807, 2.05) is 60.7 Å². The van der Waals surface area contributed by atoms with E-state index in [2.05, 4.69) is 0 Å². The van der Waals surface area contributed by atoms with Gasteiger partial charge >= 0.3 is 0 Å². The monoisotopic (exact) mass is 446 g/mol. The van der Waals surface area contributed by atoms with Crippen LogP contribution in [-0.4, -0.2) is 26.9 Å². The number of Topliss-reactive ketones (excluding diaryl/α,β-unsaturated/α-hetero) is 2. The molecule has 0 heterocycles. The Morgan fingerprint density at radius 2 is 0.970 bits per heavy atom. The van der Waals surface area contributed by atoms with E-state index in [0.717, 1.165) is 31.7 Å². The second-order valence-electron chi connectivity index (χ2n) is 8.25. The van der Waals surface area contributed by atoms with Crippen LogP contribution in [0, 0.1) is 0 Å². The Labute approximate surface area is 194 Å². The normalized spacial score (nSPS) is 10.8. The number of carbonyl (C=O) groups excluding carboxylic acids is 2. The quantitative estimate of drug-likeness (QED) is 0.234. The van der Waals surface area contributed by atoms with E-state index in [0.29, 0.717) is 12.8 Å². The maximum absolute atomic E-state index is 12.7. The molecule has 0 fully saturated rings. The molecule has 3 aromatic rings. The summed E-state index contributed by atoms with van der Waals surface area (Å²) in [5, 5.41) is 30.9. The minimum absolute atomic E-state index is 0.128. The summed E-state index contributed by atoms with van der Waals surface area (Å²) in [6.45, 7) is 0. The number of unbranched alkanes of at least 4 members (excludes halogenated alkanes) is 2. The van der Waals surface area contributed by atoms with Crippen molar-refractivity contribution in [1.29, 1.82) is 0 Å². The third-order valence-electron chi connectivity index (χ3n) is 5.74. The zero-order valence-electron chi connectivity index (χ0n) is 18.7. The molecule has 0 aliphatic heterocycles. The lowest BCUT2D eigenvalue weighted by atomic mass is 9.95. The van der Waals surface area contributed by atoms with Crippen molar-refractivity contribution in [2.75, 3.05) is 0 Å². The third-order valence-corrected chi connectivity index (χ3v) is 5.74. The van der Waals surface area contributed by atoms with Gasteiger partial charge in [-0.15, -0.1) is 0 Å². The first-order chi connectivity index (χ1) is 16.0. The Morgan fingerprint density at radius 3 is 1.36 bits per heavy atom. The molecular formula is C28H30O5. The van der Waals surface area contributed by atoms with E-state index in [4.69, 9.17) is 0 Å². The molecule has 3 rings (SSSR count). The van der Waals surface area contributed by atoms with Gasteiger partial charge in [-0.1, -0.05) is 60.7 Å². The third kappa shape index (κ3) is 6.69. The van der Waals surface area contributed by atoms with E-state index in [1.54, 1.807) is 0 Å². The van der Waals surface area contributed by atoms with Crippen LogP contribution in [0.1, 0.15) is 70.4 Å². The fraction of sp³-hybridized carbons (Fsp3) is 0.286. The molecule has 0 spiro atoms. The molecule has 3 N–H and O–H groups in total. The second-order valence-corrected chi connectivity index (χ2v) is 8.25. The molecule has 5 nitrogen and oxygen atoms in total. The first-order valence-corrected chi connectivity index (χ1v) is 11.4. The molecule has 5 heteroatoms. The summed E-state index contributed by atoms with van der Waals surface area (Å²) < 4.78 is 0. The van der Waals surface area contributed by atoms with Gasteiger partial charge in [-0.2, -0.15) is 0 Å². The summed E-state index contributed by atoms with van der Waals surface area (Å²) in [6.07, 6.45) is 4.63. The van der Waals surface area contributed by atoms with Crippen LogP contribution in [0.5, 0.6) is 17.2 Å². The fourth-order valence-electron chi connectivity index (χ4n) is 3.96. The molecule has 0 radical (unpaired) electrons. The Balaban J connectivity index is 1.58. The van der Waals surface area contributed by atoms with Gasteiger partial charge in [-0.25, -0.2) is 0 Å². The Bertz CT molecular complexity index is 991. The second kappa shape index (κ2) is 11.9. The number of hydrogen-bond acceptors (Lipinski definition) is 5. The lowest BCUT2D eigenvalue weighted by Gasteiger charge is -2.13. The van der Waals surface area contributed by atoms with Crippen LogP contribution in [0.4, 0.5) is 0 Å². The number of phenolic OH excluding ortho intramolecular Hbond substituents is 3. The van der Waals surface area contributed by atoms with Gasteiger partial charge in [-0.3, -0.25) is 9.59 Å². The van der Waals surface area contributed by atoms with Gasteiger partial charge in [0, 0.05) is 18.9 Å².